The van der Waals surface area contributed by atoms with Gasteiger partial charge in [-0.05, 0) is 38.5 Å². The number of nitrogens with one attached hydrogen (secondary N) is 2. The Morgan fingerprint density at radius 3 is 2.33 bits per heavy atom. The Morgan fingerprint density at radius 2 is 1.79 bits per heavy atom. The van der Waals surface area contributed by atoms with E-state index < -0.39 is 29.0 Å². The Balaban J connectivity index is 2.29. The molecule has 1 atom stereocenters. The lowest BCUT2D eigenvalue weighted by Gasteiger charge is -2.17. The normalized spacial score (nSPS) is 13.1. The fourth-order valence-electron chi connectivity index (χ4n) is 2.37. The molecule has 0 unspecified atom stereocenters. The van der Waals surface area contributed by atoms with Crippen LogP contribution in [0.4, 0.5) is 19.0 Å². The van der Waals surface area contributed by atoms with Gasteiger partial charge >= 0.3 is 11.9 Å². The maximum absolute atomic E-state index is 12.8. The van der Waals surface area contributed by atoms with Gasteiger partial charge in [0.25, 0.3) is 5.56 Å². The van der Waals surface area contributed by atoms with E-state index in [2.05, 4.69) is 10.3 Å². The average molecular weight is 341 g/mol. The molecule has 24 heavy (non-hydrogen) atoms. The molecule has 8 heteroatoms. The Hall–Kier alpha value is -2.51. The van der Waals surface area contributed by atoms with Crippen molar-refractivity contribution in [2.75, 3.05) is 5.32 Å². The number of H-pyrrole nitrogens is 1. The number of alkyl halides is 3. The molecule has 2 aromatic rings. The first-order chi connectivity index (χ1) is 11.1. The molecule has 0 spiro atoms. The molecule has 0 aliphatic heterocycles. The molecule has 0 bridgehead atoms. The van der Waals surface area contributed by atoms with Crippen LogP contribution >= 0.6 is 0 Å². The summed E-state index contributed by atoms with van der Waals surface area (Å²) in [7, 11) is 0. The minimum atomic E-state index is -4.43. The Bertz CT molecular complexity index is 806. The maximum Gasteiger partial charge on any atom is 0.416 e. The maximum atomic E-state index is 12.8. The van der Waals surface area contributed by atoms with E-state index in [0.29, 0.717) is 5.56 Å². The summed E-state index contributed by atoms with van der Waals surface area (Å²) < 4.78 is 39.4. The van der Waals surface area contributed by atoms with Gasteiger partial charge in [-0.3, -0.25) is 14.3 Å². The average Bonchev–Trinajstić information content (AvgIpc) is 2.45. The second-order valence-corrected chi connectivity index (χ2v) is 5.78. The lowest BCUT2D eigenvalue weighted by atomic mass is 10.0. The highest BCUT2D eigenvalue weighted by Gasteiger charge is 2.30. The fourth-order valence-corrected chi connectivity index (χ4v) is 2.37. The molecular weight excluding hydrogens is 323 g/mol. The third kappa shape index (κ3) is 3.87. The number of benzene rings is 1. The number of hydrogen-bond acceptors (Lipinski definition) is 3. The van der Waals surface area contributed by atoms with E-state index in [1.807, 2.05) is 0 Å². The minimum Gasteiger partial charge on any atom is -0.365 e. The fraction of sp³-hybridized carbons (Fsp3) is 0.375. The van der Waals surface area contributed by atoms with Gasteiger partial charge in [0.15, 0.2) is 0 Å². The quantitative estimate of drug-likeness (QED) is 0.897. The van der Waals surface area contributed by atoms with E-state index in [9.17, 15) is 22.8 Å². The summed E-state index contributed by atoms with van der Waals surface area (Å²) in [6, 6.07) is 5.27. The summed E-state index contributed by atoms with van der Waals surface area (Å²) in [5, 5.41) is 2.85. The molecule has 5 nitrogen and oxygen atoms in total. The summed E-state index contributed by atoms with van der Waals surface area (Å²) in [5.74, 6) is 0.159. The van der Waals surface area contributed by atoms with Crippen LogP contribution in [0.25, 0.3) is 0 Å². The summed E-state index contributed by atoms with van der Waals surface area (Å²) in [6.45, 7) is 5.05. The number of anilines is 1. The topological polar surface area (TPSA) is 66.9 Å². The SMILES string of the molecule is CC(C)n1c(=O)cc(N[C@@H](C)c2cccc(C(F)(F)F)c2)[nH]c1=O. The molecule has 0 aliphatic carbocycles. The van der Waals surface area contributed by atoms with E-state index >= 15 is 0 Å². The van der Waals surface area contributed by atoms with Crippen molar-refractivity contribution in [3.63, 3.8) is 0 Å². The van der Waals surface area contributed by atoms with Crippen LogP contribution < -0.4 is 16.6 Å². The molecule has 0 aliphatic rings. The molecule has 0 amide bonds. The van der Waals surface area contributed by atoms with Crippen molar-refractivity contribution in [2.45, 2.75) is 39.0 Å². The van der Waals surface area contributed by atoms with Crippen molar-refractivity contribution in [3.05, 3.63) is 62.3 Å². The predicted octanol–water partition coefficient (Wildman–Crippen LogP) is 3.31. The van der Waals surface area contributed by atoms with Gasteiger partial charge < -0.3 is 5.32 Å². The molecule has 1 aromatic heterocycles. The number of hydrogen-bond donors (Lipinski definition) is 2. The van der Waals surface area contributed by atoms with Crippen LogP contribution in [0.3, 0.4) is 0 Å². The van der Waals surface area contributed by atoms with Crippen LogP contribution in [-0.4, -0.2) is 9.55 Å². The zero-order valence-electron chi connectivity index (χ0n) is 13.4. The van der Waals surface area contributed by atoms with Crippen molar-refractivity contribution < 1.29 is 13.2 Å². The lowest BCUT2D eigenvalue weighted by molar-refractivity contribution is -0.137. The first-order valence-corrected chi connectivity index (χ1v) is 7.39. The number of aromatic nitrogens is 2. The number of aromatic amines is 1. The summed E-state index contributed by atoms with van der Waals surface area (Å²) in [5.41, 5.74) is -1.42. The smallest absolute Gasteiger partial charge is 0.365 e. The van der Waals surface area contributed by atoms with E-state index in [1.54, 1.807) is 26.8 Å². The van der Waals surface area contributed by atoms with Gasteiger partial charge in [0.05, 0.1) is 5.56 Å². The van der Waals surface area contributed by atoms with Gasteiger partial charge in [-0.2, -0.15) is 13.2 Å². The van der Waals surface area contributed by atoms with Crippen molar-refractivity contribution in [2.24, 2.45) is 0 Å². The van der Waals surface area contributed by atoms with Crippen LogP contribution in [0.5, 0.6) is 0 Å². The third-order valence-corrected chi connectivity index (χ3v) is 3.57. The van der Waals surface area contributed by atoms with Crippen molar-refractivity contribution in [1.29, 1.82) is 0 Å². The second kappa shape index (κ2) is 6.54. The molecule has 0 radical (unpaired) electrons. The number of nitrogens with zero attached hydrogens (tertiary/aromatic N) is 1. The molecule has 130 valence electrons. The molecule has 0 saturated carbocycles. The molecule has 2 N–H and O–H groups in total. The number of rotatable bonds is 4. The van der Waals surface area contributed by atoms with Gasteiger partial charge in [0, 0.05) is 18.2 Å². The van der Waals surface area contributed by atoms with Gasteiger partial charge in [-0.15, -0.1) is 0 Å². The van der Waals surface area contributed by atoms with Gasteiger partial charge in [0.2, 0.25) is 0 Å². The zero-order chi connectivity index (χ0) is 18.1. The monoisotopic (exact) mass is 341 g/mol. The van der Waals surface area contributed by atoms with Gasteiger partial charge in [-0.1, -0.05) is 12.1 Å². The van der Waals surface area contributed by atoms with Crippen LogP contribution in [0.15, 0.2) is 39.9 Å². The Kier molecular flexibility index (Phi) is 4.86. The van der Waals surface area contributed by atoms with Crippen LogP contribution in [-0.2, 0) is 6.18 Å². The van der Waals surface area contributed by atoms with Crippen molar-refractivity contribution >= 4 is 5.82 Å². The van der Waals surface area contributed by atoms with Crippen LogP contribution in [0.1, 0.15) is 44.0 Å². The molecule has 1 heterocycles. The number of halogens is 3. The Morgan fingerprint density at radius 1 is 1.12 bits per heavy atom. The van der Waals surface area contributed by atoms with Gasteiger partial charge in [-0.25, -0.2) is 4.79 Å². The summed E-state index contributed by atoms with van der Waals surface area (Å²) in [4.78, 5) is 26.4. The molecular formula is C16H18F3N3O2. The van der Waals surface area contributed by atoms with Gasteiger partial charge in [0.1, 0.15) is 5.82 Å². The van der Waals surface area contributed by atoms with E-state index in [0.717, 1.165) is 16.7 Å². The molecule has 0 fully saturated rings. The molecule has 0 saturated heterocycles. The van der Waals surface area contributed by atoms with Crippen molar-refractivity contribution in [3.8, 4) is 0 Å². The highest BCUT2D eigenvalue weighted by Crippen LogP contribution is 2.31. The van der Waals surface area contributed by atoms with Crippen LogP contribution in [0, 0.1) is 0 Å². The lowest BCUT2D eigenvalue weighted by Crippen LogP contribution is -2.36. The first kappa shape index (κ1) is 17.8. The second-order valence-electron chi connectivity index (χ2n) is 5.78. The molecule has 1 aromatic carbocycles. The standard InChI is InChI=1S/C16H18F3N3O2/c1-9(2)22-14(23)8-13(21-15(22)24)20-10(3)11-5-4-6-12(7-11)16(17,18)19/h4-10,20H,1-3H3,(H,21,24)/t10-/m0/s1. The highest BCUT2D eigenvalue weighted by atomic mass is 19.4. The molecule has 2 rings (SSSR count). The largest absolute Gasteiger partial charge is 0.416 e. The highest BCUT2D eigenvalue weighted by molar-refractivity contribution is 5.38. The predicted molar refractivity (Wildman–Crippen MR) is 85.2 cm³/mol. The Labute approximate surface area is 136 Å². The van der Waals surface area contributed by atoms with Crippen LogP contribution in [0.2, 0.25) is 0 Å². The van der Waals surface area contributed by atoms with E-state index in [1.165, 1.54) is 12.1 Å². The summed E-state index contributed by atoms with van der Waals surface area (Å²) in [6.07, 6.45) is -4.43. The minimum absolute atomic E-state index is 0.159. The first-order valence-electron chi connectivity index (χ1n) is 7.39. The summed E-state index contributed by atoms with van der Waals surface area (Å²) >= 11 is 0. The zero-order valence-corrected chi connectivity index (χ0v) is 13.4. The van der Waals surface area contributed by atoms with E-state index in [4.69, 9.17) is 0 Å². The van der Waals surface area contributed by atoms with E-state index in [-0.39, 0.29) is 11.9 Å². The van der Waals surface area contributed by atoms with Crippen molar-refractivity contribution in [1.82, 2.24) is 9.55 Å². The third-order valence-electron chi connectivity index (χ3n) is 3.57.